The number of nitrogens with zero attached hydrogens (tertiary/aromatic N) is 3. The molecule has 0 fully saturated rings. The highest BCUT2D eigenvalue weighted by Crippen LogP contribution is 2.04. The molecular weight excluding hydrogens is 292 g/mol. The van der Waals surface area contributed by atoms with Crippen molar-refractivity contribution >= 4 is 23.9 Å². The number of carbonyl (C=O) groups is 3. The molecule has 0 saturated heterocycles. The molecule has 120 valence electrons. The van der Waals surface area contributed by atoms with Crippen LogP contribution in [-0.4, -0.2) is 54.0 Å². The summed E-state index contributed by atoms with van der Waals surface area (Å²) in [5.74, 6) is -1.92. The fraction of sp³-hybridized carbons (Fsp3) is 0.615. The largest absolute Gasteiger partial charge is 0.446 e. The number of nitriles is 1. The van der Waals surface area contributed by atoms with Crippen LogP contribution in [0.15, 0.2) is 0 Å². The minimum Gasteiger partial charge on any atom is -0.446 e. The van der Waals surface area contributed by atoms with E-state index in [1.807, 2.05) is 0 Å². The van der Waals surface area contributed by atoms with Crippen molar-refractivity contribution in [2.24, 2.45) is 0 Å². The second-order valence-electron chi connectivity index (χ2n) is 4.40. The predicted molar refractivity (Wildman–Crippen MR) is 73.5 cm³/mol. The molecule has 3 atom stereocenters. The number of ether oxygens (including phenoxy) is 2. The number of amides is 1. The highest BCUT2D eigenvalue weighted by molar-refractivity contribution is 6.25. The molecule has 0 saturated carbocycles. The van der Waals surface area contributed by atoms with Crippen LogP contribution in [0.4, 0.5) is 0 Å². The Bertz CT molecular complexity index is 507. The number of ketones is 1. The number of hydrogen-bond acceptors (Lipinski definition) is 6. The molecule has 9 heteroatoms. The molecule has 0 rings (SSSR count). The number of methoxy groups -OCH3 is 1. The van der Waals surface area contributed by atoms with Crippen molar-refractivity contribution in [3.8, 4) is 6.07 Å². The van der Waals surface area contributed by atoms with Gasteiger partial charge in [0, 0.05) is 13.5 Å². The number of hydrogen-bond donors (Lipinski definition) is 1. The smallest absolute Gasteiger partial charge is 0.329 e. The lowest BCUT2D eigenvalue weighted by Gasteiger charge is -2.19. The maximum Gasteiger partial charge on any atom is 0.329 e. The van der Waals surface area contributed by atoms with Gasteiger partial charge in [0.1, 0.15) is 18.2 Å². The van der Waals surface area contributed by atoms with Crippen LogP contribution in [-0.2, 0) is 23.9 Å². The molecule has 0 aliphatic rings. The first-order valence-corrected chi connectivity index (χ1v) is 6.49. The van der Waals surface area contributed by atoms with Gasteiger partial charge in [-0.2, -0.15) is 10.1 Å². The number of rotatable bonds is 9. The normalized spacial score (nSPS) is 13.7. The fourth-order valence-electron chi connectivity index (χ4n) is 1.34. The van der Waals surface area contributed by atoms with Crippen molar-refractivity contribution in [1.29, 1.82) is 5.26 Å². The summed E-state index contributed by atoms with van der Waals surface area (Å²) in [5, 5.41) is 11.0. The molecule has 0 bridgehead atoms. The summed E-state index contributed by atoms with van der Waals surface area (Å²) in [7, 11) is 1.33. The zero-order valence-electron chi connectivity index (χ0n) is 12.6. The molecule has 0 heterocycles. The number of esters is 1. The monoisotopic (exact) mass is 310 g/mol. The lowest BCUT2D eigenvalue weighted by atomic mass is 10.1. The van der Waals surface area contributed by atoms with Gasteiger partial charge in [0.05, 0.1) is 0 Å². The second-order valence-corrected chi connectivity index (χ2v) is 4.40. The Kier molecular flexibility index (Phi) is 9.02. The van der Waals surface area contributed by atoms with Crippen LogP contribution in [0.5, 0.6) is 0 Å². The van der Waals surface area contributed by atoms with E-state index in [2.05, 4.69) is 10.1 Å². The highest BCUT2D eigenvalue weighted by Gasteiger charge is 2.26. The third-order valence-corrected chi connectivity index (χ3v) is 2.68. The first-order valence-electron chi connectivity index (χ1n) is 6.49. The second kappa shape index (κ2) is 10.2. The van der Waals surface area contributed by atoms with Crippen molar-refractivity contribution in [2.75, 3.05) is 7.11 Å². The predicted octanol–water partition coefficient (Wildman–Crippen LogP) is -0.389. The van der Waals surface area contributed by atoms with Crippen molar-refractivity contribution in [3.05, 3.63) is 5.53 Å². The van der Waals surface area contributed by atoms with Gasteiger partial charge in [-0.3, -0.25) is 9.59 Å². The van der Waals surface area contributed by atoms with Gasteiger partial charge >= 0.3 is 12.2 Å². The Morgan fingerprint density at radius 3 is 2.55 bits per heavy atom. The van der Waals surface area contributed by atoms with E-state index in [4.69, 9.17) is 20.3 Å². The molecule has 0 aromatic carbocycles. The maximum absolute atomic E-state index is 11.9. The van der Waals surface area contributed by atoms with Crippen LogP contribution in [0.2, 0.25) is 0 Å². The van der Waals surface area contributed by atoms with E-state index in [1.165, 1.54) is 21.0 Å². The van der Waals surface area contributed by atoms with E-state index in [0.29, 0.717) is 6.21 Å². The van der Waals surface area contributed by atoms with Gasteiger partial charge in [0.25, 0.3) is 0 Å². The van der Waals surface area contributed by atoms with E-state index < -0.39 is 35.9 Å². The molecule has 1 amide bonds. The van der Waals surface area contributed by atoms with E-state index in [0.717, 1.165) is 0 Å². The molecule has 0 aliphatic carbocycles. The van der Waals surface area contributed by atoms with Gasteiger partial charge in [-0.15, -0.1) is 0 Å². The molecule has 0 aromatic rings. The fourth-order valence-corrected chi connectivity index (χ4v) is 1.34. The average molecular weight is 310 g/mol. The van der Waals surface area contributed by atoms with Gasteiger partial charge in [0.2, 0.25) is 11.7 Å². The lowest BCUT2D eigenvalue weighted by molar-refractivity contribution is -0.151. The van der Waals surface area contributed by atoms with Crippen molar-refractivity contribution in [1.82, 2.24) is 5.32 Å². The van der Waals surface area contributed by atoms with Crippen LogP contribution >= 0.6 is 0 Å². The van der Waals surface area contributed by atoms with Crippen LogP contribution < -0.4 is 5.32 Å². The topological polar surface area (TPSA) is 142 Å². The summed E-state index contributed by atoms with van der Waals surface area (Å²) >= 11 is 0. The van der Waals surface area contributed by atoms with Gasteiger partial charge in [-0.05, 0) is 20.3 Å². The summed E-state index contributed by atoms with van der Waals surface area (Å²) < 4.78 is 9.64. The first kappa shape index (κ1) is 19.4. The molecule has 9 nitrogen and oxygen atoms in total. The molecule has 0 radical (unpaired) electrons. The van der Waals surface area contributed by atoms with E-state index in [1.54, 1.807) is 6.07 Å². The van der Waals surface area contributed by atoms with Gasteiger partial charge in [-0.25, -0.2) is 4.79 Å². The third kappa shape index (κ3) is 7.28. The van der Waals surface area contributed by atoms with Crippen molar-refractivity contribution < 1.29 is 28.6 Å². The standard InChI is InChI=1S/C13H18N4O5/c1-8(6-14)22-13(20)11(5-4-10(18)7-16-15)17-12(19)9(2)21-3/h7-9,11H,4-5H2,1-3H3,(H,17,19)/t8-,9-,11-/m0/s1. The zero-order chi connectivity index (χ0) is 17.1. The Morgan fingerprint density at radius 1 is 1.41 bits per heavy atom. The minimum absolute atomic E-state index is 0.0655. The third-order valence-electron chi connectivity index (χ3n) is 2.68. The molecule has 22 heavy (non-hydrogen) atoms. The Hall–Kier alpha value is -2.56. The van der Waals surface area contributed by atoms with Crippen LogP contribution in [0.3, 0.4) is 0 Å². The zero-order valence-corrected chi connectivity index (χ0v) is 12.6. The van der Waals surface area contributed by atoms with Crippen LogP contribution in [0.1, 0.15) is 26.7 Å². The summed E-state index contributed by atoms with van der Waals surface area (Å²) in [6, 6.07) is 0.608. The summed E-state index contributed by atoms with van der Waals surface area (Å²) in [5.41, 5.74) is 8.25. The molecule has 0 unspecified atom stereocenters. The van der Waals surface area contributed by atoms with Gasteiger partial charge in [0.15, 0.2) is 6.10 Å². The van der Waals surface area contributed by atoms with Crippen LogP contribution in [0.25, 0.3) is 5.53 Å². The van der Waals surface area contributed by atoms with E-state index >= 15 is 0 Å². The van der Waals surface area contributed by atoms with E-state index in [-0.39, 0.29) is 12.8 Å². The number of carbonyl (C=O) groups excluding carboxylic acids is 3. The Morgan fingerprint density at radius 2 is 2.05 bits per heavy atom. The summed E-state index contributed by atoms with van der Waals surface area (Å²) in [4.78, 5) is 37.5. The average Bonchev–Trinajstić information content (AvgIpc) is 2.50. The molecule has 0 spiro atoms. The highest BCUT2D eigenvalue weighted by atomic mass is 16.5. The molecule has 0 aliphatic heterocycles. The van der Waals surface area contributed by atoms with Gasteiger partial charge < -0.3 is 20.3 Å². The van der Waals surface area contributed by atoms with Crippen molar-refractivity contribution in [3.63, 3.8) is 0 Å². The summed E-state index contributed by atoms with van der Waals surface area (Å²) in [6.07, 6.45) is -1.30. The molecular formula is C13H18N4O5. The van der Waals surface area contributed by atoms with Crippen LogP contribution in [0, 0.1) is 11.3 Å². The first-order chi connectivity index (χ1) is 10.3. The molecule has 1 N–H and O–H groups in total. The minimum atomic E-state index is -1.11. The van der Waals surface area contributed by atoms with Gasteiger partial charge in [-0.1, -0.05) is 0 Å². The quantitative estimate of drug-likeness (QED) is 0.266. The SMILES string of the molecule is CO[C@@H](C)C(=O)N[C@@H](CCC(=O)C=[N+]=[N-])C(=O)O[C@@H](C)C#N. The van der Waals surface area contributed by atoms with Crippen molar-refractivity contribution in [2.45, 2.75) is 44.9 Å². The maximum atomic E-state index is 11.9. The number of nitrogens with one attached hydrogen (secondary N) is 1. The molecule has 0 aromatic heterocycles. The summed E-state index contributed by atoms with van der Waals surface area (Å²) in [6.45, 7) is 2.86. The Labute approximate surface area is 127 Å². The van der Waals surface area contributed by atoms with E-state index in [9.17, 15) is 14.4 Å². The lowest BCUT2D eigenvalue weighted by Crippen LogP contribution is -2.46. The Balaban J connectivity index is 4.86. The number of Topliss-reactive ketones (excluding diaryl/α,β-unsaturated/α-hetero) is 1.